The van der Waals surface area contributed by atoms with Gasteiger partial charge in [0.1, 0.15) is 18.5 Å². The predicted molar refractivity (Wildman–Crippen MR) is 126 cm³/mol. The Morgan fingerprint density at radius 3 is 2.33 bits per heavy atom. The van der Waals surface area contributed by atoms with Gasteiger partial charge in [-0.25, -0.2) is 9.78 Å². The van der Waals surface area contributed by atoms with Gasteiger partial charge in [0.2, 0.25) is 0 Å². The Morgan fingerprint density at radius 2 is 1.70 bits per heavy atom. The molecule has 8 nitrogen and oxygen atoms in total. The summed E-state index contributed by atoms with van der Waals surface area (Å²) in [5.74, 6) is 0.150. The summed E-state index contributed by atoms with van der Waals surface area (Å²) >= 11 is 0. The first kappa shape index (κ1) is 22.6. The number of nitrogens with one attached hydrogen (secondary N) is 1. The third-order valence-electron chi connectivity index (χ3n) is 6.05. The van der Waals surface area contributed by atoms with Gasteiger partial charge in [0, 0.05) is 23.7 Å². The Labute approximate surface area is 192 Å². The van der Waals surface area contributed by atoms with Crippen LogP contribution in [-0.4, -0.2) is 40.5 Å². The van der Waals surface area contributed by atoms with Gasteiger partial charge in [0.15, 0.2) is 0 Å². The van der Waals surface area contributed by atoms with Crippen molar-refractivity contribution in [1.29, 1.82) is 0 Å². The van der Waals surface area contributed by atoms with E-state index in [-0.39, 0.29) is 37.0 Å². The molecule has 0 spiro atoms. The highest BCUT2D eigenvalue weighted by atomic mass is 16.5. The number of nitrogen functional groups attached to an aromatic ring is 2. The first-order chi connectivity index (χ1) is 15.9. The van der Waals surface area contributed by atoms with Gasteiger partial charge in [0.25, 0.3) is 0 Å². The van der Waals surface area contributed by atoms with Crippen molar-refractivity contribution in [2.45, 2.75) is 31.5 Å². The second-order valence-corrected chi connectivity index (χ2v) is 8.19. The van der Waals surface area contributed by atoms with Gasteiger partial charge >= 0.3 is 6.09 Å². The van der Waals surface area contributed by atoms with Crippen molar-refractivity contribution in [3.8, 4) is 11.1 Å². The van der Waals surface area contributed by atoms with Crippen LogP contribution in [0.25, 0.3) is 11.1 Å². The number of fused-ring (bicyclic) bond motifs is 3. The molecule has 1 aliphatic rings. The standard InChI is InChI=1S/C25H28N4O4/c1-14-19(12-21(26)24(27)29-14)23(31)22(30)10-11-28-25(32)33-13-20-17-8-4-2-6-15(17)16-7-3-5-9-18(16)20/h2-9,12,20,22-23,30-31H,10-11,13,26H2,1H3,(H2,27,29)(H,28,32). The molecule has 2 atom stereocenters. The number of carbonyl (C=O) groups is 1. The van der Waals surface area contributed by atoms with Gasteiger partial charge in [-0.3, -0.25) is 0 Å². The molecule has 0 saturated heterocycles. The molecule has 2 aromatic carbocycles. The van der Waals surface area contributed by atoms with Gasteiger partial charge < -0.3 is 31.7 Å². The number of amides is 1. The lowest BCUT2D eigenvalue weighted by Gasteiger charge is -2.20. The normalized spacial score (nSPS) is 14.3. The zero-order chi connectivity index (χ0) is 23.5. The summed E-state index contributed by atoms with van der Waals surface area (Å²) in [5, 5.41) is 23.4. The summed E-state index contributed by atoms with van der Waals surface area (Å²) in [5.41, 5.74) is 17.1. The minimum Gasteiger partial charge on any atom is -0.449 e. The molecule has 3 aromatic rings. The number of alkyl carbamates (subject to hydrolysis) is 1. The van der Waals surface area contributed by atoms with Crippen LogP contribution in [0.3, 0.4) is 0 Å². The molecule has 0 fully saturated rings. The van der Waals surface area contributed by atoms with Crippen LogP contribution in [0.1, 0.15) is 40.8 Å². The highest BCUT2D eigenvalue weighted by Gasteiger charge is 2.29. The van der Waals surface area contributed by atoms with Gasteiger partial charge in [0.05, 0.1) is 11.8 Å². The van der Waals surface area contributed by atoms with Crippen molar-refractivity contribution in [3.63, 3.8) is 0 Å². The van der Waals surface area contributed by atoms with E-state index in [0.717, 1.165) is 22.3 Å². The van der Waals surface area contributed by atoms with E-state index in [4.69, 9.17) is 16.2 Å². The van der Waals surface area contributed by atoms with Crippen LogP contribution in [0.4, 0.5) is 16.3 Å². The highest BCUT2D eigenvalue weighted by molar-refractivity contribution is 5.79. The Kier molecular flexibility index (Phi) is 6.48. The molecule has 172 valence electrons. The molecule has 0 saturated carbocycles. The number of carbonyl (C=O) groups excluding carboxylic acids is 1. The molecule has 8 heteroatoms. The van der Waals surface area contributed by atoms with Crippen LogP contribution in [0.2, 0.25) is 0 Å². The Bertz CT molecular complexity index is 1120. The number of nitrogens with zero attached hydrogens (tertiary/aromatic N) is 1. The zero-order valence-corrected chi connectivity index (χ0v) is 18.4. The van der Waals surface area contributed by atoms with Crippen molar-refractivity contribution >= 4 is 17.6 Å². The molecule has 7 N–H and O–H groups in total. The van der Waals surface area contributed by atoms with E-state index in [2.05, 4.69) is 34.6 Å². The van der Waals surface area contributed by atoms with E-state index in [9.17, 15) is 15.0 Å². The van der Waals surface area contributed by atoms with Gasteiger partial charge in [-0.15, -0.1) is 0 Å². The number of ether oxygens (including phenoxy) is 1. The number of anilines is 2. The van der Waals surface area contributed by atoms with E-state index in [1.54, 1.807) is 6.92 Å². The maximum Gasteiger partial charge on any atom is 0.407 e. The number of rotatable bonds is 7. The third kappa shape index (κ3) is 4.62. The lowest BCUT2D eigenvalue weighted by Crippen LogP contribution is -2.31. The highest BCUT2D eigenvalue weighted by Crippen LogP contribution is 2.44. The Balaban J connectivity index is 1.30. The smallest absolute Gasteiger partial charge is 0.407 e. The van der Waals surface area contributed by atoms with Crippen LogP contribution < -0.4 is 16.8 Å². The van der Waals surface area contributed by atoms with Crippen molar-refractivity contribution in [2.24, 2.45) is 0 Å². The minimum absolute atomic E-state index is 0.0259. The number of hydrogen-bond acceptors (Lipinski definition) is 7. The molecular weight excluding hydrogens is 420 g/mol. The second-order valence-electron chi connectivity index (χ2n) is 8.19. The summed E-state index contributed by atoms with van der Waals surface area (Å²) in [6, 6.07) is 17.7. The summed E-state index contributed by atoms with van der Waals surface area (Å²) < 4.78 is 5.48. The molecule has 0 aliphatic heterocycles. The summed E-state index contributed by atoms with van der Waals surface area (Å²) in [6.45, 7) is 2.02. The van der Waals surface area contributed by atoms with E-state index < -0.39 is 18.3 Å². The molecule has 1 heterocycles. The van der Waals surface area contributed by atoms with E-state index >= 15 is 0 Å². The maximum absolute atomic E-state index is 12.3. The Hall–Kier alpha value is -3.62. The molecule has 1 amide bonds. The molecule has 2 unspecified atom stereocenters. The average molecular weight is 449 g/mol. The number of aryl methyl sites for hydroxylation is 1. The van der Waals surface area contributed by atoms with Gasteiger partial charge in [-0.1, -0.05) is 48.5 Å². The number of aliphatic hydroxyl groups excluding tert-OH is 2. The van der Waals surface area contributed by atoms with Gasteiger partial charge in [-0.05, 0) is 41.7 Å². The third-order valence-corrected chi connectivity index (χ3v) is 6.05. The molecular formula is C25H28N4O4. The van der Waals surface area contributed by atoms with Crippen LogP contribution in [0, 0.1) is 6.92 Å². The number of benzene rings is 2. The quantitative estimate of drug-likeness (QED) is 0.374. The van der Waals surface area contributed by atoms with Crippen LogP contribution in [-0.2, 0) is 4.74 Å². The number of aliphatic hydroxyl groups is 2. The largest absolute Gasteiger partial charge is 0.449 e. The number of aromatic nitrogens is 1. The van der Waals surface area contributed by atoms with E-state index in [1.165, 1.54) is 6.07 Å². The molecule has 1 aromatic heterocycles. The monoisotopic (exact) mass is 448 g/mol. The number of nitrogens with two attached hydrogens (primary N) is 2. The lowest BCUT2D eigenvalue weighted by atomic mass is 9.98. The number of pyridine rings is 1. The lowest BCUT2D eigenvalue weighted by molar-refractivity contribution is 0.0131. The fraction of sp³-hybridized carbons (Fsp3) is 0.280. The van der Waals surface area contributed by atoms with Crippen LogP contribution >= 0.6 is 0 Å². The summed E-state index contributed by atoms with van der Waals surface area (Å²) in [4.78, 5) is 16.3. The molecule has 4 rings (SSSR count). The van der Waals surface area contributed by atoms with Crippen molar-refractivity contribution in [3.05, 3.63) is 77.0 Å². The topological polar surface area (TPSA) is 144 Å². The Morgan fingerprint density at radius 1 is 1.09 bits per heavy atom. The second kappa shape index (κ2) is 9.48. The fourth-order valence-electron chi connectivity index (χ4n) is 4.29. The van der Waals surface area contributed by atoms with Crippen LogP contribution in [0.5, 0.6) is 0 Å². The molecule has 1 aliphatic carbocycles. The van der Waals surface area contributed by atoms with Gasteiger partial charge in [-0.2, -0.15) is 0 Å². The summed E-state index contributed by atoms with van der Waals surface area (Å²) in [7, 11) is 0. The average Bonchev–Trinajstić information content (AvgIpc) is 3.13. The first-order valence-electron chi connectivity index (χ1n) is 10.8. The van der Waals surface area contributed by atoms with Crippen LogP contribution in [0.15, 0.2) is 54.6 Å². The van der Waals surface area contributed by atoms with Crippen molar-refractivity contribution in [2.75, 3.05) is 24.6 Å². The SMILES string of the molecule is Cc1nc(N)c(N)cc1C(O)C(O)CCNC(=O)OCC1c2ccccc2-c2ccccc21. The number of hydrogen-bond donors (Lipinski definition) is 5. The molecule has 0 radical (unpaired) electrons. The summed E-state index contributed by atoms with van der Waals surface area (Å²) in [6.07, 6.45) is -2.78. The maximum atomic E-state index is 12.3. The molecule has 33 heavy (non-hydrogen) atoms. The minimum atomic E-state index is -1.20. The van der Waals surface area contributed by atoms with Crippen molar-refractivity contribution < 1.29 is 19.7 Å². The van der Waals surface area contributed by atoms with E-state index in [0.29, 0.717) is 11.3 Å². The first-order valence-corrected chi connectivity index (χ1v) is 10.8. The predicted octanol–water partition coefficient (Wildman–Crippen LogP) is 2.88. The van der Waals surface area contributed by atoms with E-state index in [1.807, 2.05) is 24.3 Å². The fourth-order valence-corrected chi connectivity index (χ4v) is 4.29. The van der Waals surface area contributed by atoms with Crippen molar-refractivity contribution in [1.82, 2.24) is 10.3 Å². The zero-order valence-electron chi connectivity index (χ0n) is 18.4. The molecule has 0 bridgehead atoms.